The SMILES string of the molecule is C=C(CC=CC)C(=O)OC. The number of hydrogen-bond acceptors (Lipinski definition) is 2. The fraction of sp³-hybridized carbons (Fsp3) is 0.375. The van der Waals surface area contributed by atoms with Crippen molar-refractivity contribution < 1.29 is 9.53 Å². The molecule has 0 heterocycles. The second kappa shape index (κ2) is 4.79. The lowest BCUT2D eigenvalue weighted by atomic mass is 10.2. The third-order valence-electron chi connectivity index (χ3n) is 1.07. The minimum Gasteiger partial charge on any atom is -0.466 e. The number of allylic oxidation sites excluding steroid dienone is 2. The van der Waals surface area contributed by atoms with Crippen LogP contribution < -0.4 is 0 Å². The molecular formula is C8H12O2. The van der Waals surface area contributed by atoms with E-state index in [0.717, 1.165) is 0 Å². The van der Waals surface area contributed by atoms with E-state index in [1.165, 1.54) is 7.11 Å². The molecule has 0 aliphatic rings. The van der Waals surface area contributed by atoms with Crippen LogP contribution in [0.5, 0.6) is 0 Å². The summed E-state index contributed by atoms with van der Waals surface area (Å²) in [6.07, 6.45) is 4.30. The maximum atomic E-state index is 10.7. The largest absolute Gasteiger partial charge is 0.466 e. The zero-order chi connectivity index (χ0) is 7.98. The summed E-state index contributed by atoms with van der Waals surface area (Å²) >= 11 is 0. The van der Waals surface area contributed by atoms with Crippen molar-refractivity contribution in [2.24, 2.45) is 0 Å². The van der Waals surface area contributed by atoms with E-state index in [1.54, 1.807) is 0 Å². The second-order valence-corrected chi connectivity index (χ2v) is 1.87. The molecule has 0 atom stereocenters. The van der Waals surface area contributed by atoms with Gasteiger partial charge in [-0.05, 0) is 13.3 Å². The Labute approximate surface area is 61.2 Å². The standard InChI is InChI=1S/C8H12O2/c1-4-5-6-7(2)8(9)10-3/h4-5H,2,6H2,1,3H3. The molecule has 0 bridgehead atoms. The summed E-state index contributed by atoms with van der Waals surface area (Å²) < 4.78 is 4.44. The van der Waals surface area contributed by atoms with E-state index < -0.39 is 0 Å². The summed E-state index contributed by atoms with van der Waals surface area (Å²) in [5, 5.41) is 0. The van der Waals surface area contributed by atoms with Crippen molar-refractivity contribution >= 4 is 5.97 Å². The fourth-order valence-corrected chi connectivity index (χ4v) is 0.488. The van der Waals surface area contributed by atoms with Gasteiger partial charge >= 0.3 is 5.97 Å². The number of ether oxygens (including phenoxy) is 1. The zero-order valence-corrected chi connectivity index (χ0v) is 6.39. The molecule has 2 nitrogen and oxygen atoms in total. The molecule has 0 spiro atoms. The highest BCUT2D eigenvalue weighted by molar-refractivity contribution is 5.87. The number of hydrogen-bond donors (Lipinski definition) is 0. The Morgan fingerprint density at radius 1 is 1.70 bits per heavy atom. The van der Waals surface area contributed by atoms with Crippen molar-refractivity contribution in [1.82, 2.24) is 0 Å². The van der Waals surface area contributed by atoms with Crippen LogP contribution in [0.15, 0.2) is 24.3 Å². The monoisotopic (exact) mass is 140 g/mol. The van der Waals surface area contributed by atoms with Gasteiger partial charge in [-0.1, -0.05) is 18.7 Å². The highest BCUT2D eigenvalue weighted by atomic mass is 16.5. The number of rotatable bonds is 3. The quantitative estimate of drug-likeness (QED) is 0.338. The van der Waals surface area contributed by atoms with Crippen LogP contribution in [-0.2, 0) is 9.53 Å². The Morgan fingerprint density at radius 2 is 2.30 bits per heavy atom. The number of esters is 1. The number of carbonyl (C=O) groups excluding carboxylic acids is 1. The lowest BCUT2D eigenvalue weighted by molar-refractivity contribution is -0.136. The maximum absolute atomic E-state index is 10.7. The minimum absolute atomic E-state index is 0.335. The first-order valence-electron chi connectivity index (χ1n) is 3.09. The molecule has 0 aliphatic heterocycles. The average Bonchev–Trinajstić information content (AvgIpc) is 1.98. The summed E-state index contributed by atoms with van der Waals surface area (Å²) in [7, 11) is 1.35. The van der Waals surface area contributed by atoms with Crippen LogP contribution in [0.3, 0.4) is 0 Å². The summed E-state index contributed by atoms with van der Waals surface area (Å²) in [6, 6.07) is 0. The van der Waals surface area contributed by atoms with Crippen molar-refractivity contribution in [2.45, 2.75) is 13.3 Å². The molecule has 10 heavy (non-hydrogen) atoms. The van der Waals surface area contributed by atoms with Crippen LogP contribution >= 0.6 is 0 Å². The van der Waals surface area contributed by atoms with E-state index in [1.807, 2.05) is 19.1 Å². The Kier molecular flexibility index (Phi) is 4.29. The van der Waals surface area contributed by atoms with Crippen LogP contribution in [0.1, 0.15) is 13.3 Å². The van der Waals surface area contributed by atoms with E-state index in [2.05, 4.69) is 11.3 Å². The van der Waals surface area contributed by atoms with E-state index in [4.69, 9.17) is 0 Å². The molecule has 0 saturated heterocycles. The summed E-state index contributed by atoms with van der Waals surface area (Å²) in [4.78, 5) is 10.7. The first-order valence-corrected chi connectivity index (χ1v) is 3.09. The van der Waals surface area contributed by atoms with Gasteiger partial charge < -0.3 is 4.74 Å². The number of carbonyl (C=O) groups is 1. The van der Waals surface area contributed by atoms with Gasteiger partial charge in [0.25, 0.3) is 0 Å². The van der Waals surface area contributed by atoms with Crippen LogP contribution in [0, 0.1) is 0 Å². The lowest BCUT2D eigenvalue weighted by Gasteiger charge is -1.97. The fourth-order valence-electron chi connectivity index (χ4n) is 0.488. The van der Waals surface area contributed by atoms with Gasteiger partial charge in [0.05, 0.1) is 7.11 Å². The van der Waals surface area contributed by atoms with Crippen LogP contribution in [-0.4, -0.2) is 13.1 Å². The first kappa shape index (κ1) is 8.95. The van der Waals surface area contributed by atoms with Crippen molar-refractivity contribution in [3.05, 3.63) is 24.3 Å². The van der Waals surface area contributed by atoms with Gasteiger partial charge in [0.15, 0.2) is 0 Å². The van der Waals surface area contributed by atoms with E-state index >= 15 is 0 Å². The van der Waals surface area contributed by atoms with Crippen molar-refractivity contribution in [3.8, 4) is 0 Å². The van der Waals surface area contributed by atoms with Gasteiger partial charge in [-0.25, -0.2) is 4.79 Å². The van der Waals surface area contributed by atoms with Gasteiger partial charge in [0.1, 0.15) is 0 Å². The van der Waals surface area contributed by atoms with Gasteiger partial charge in [0.2, 0.25) is 0 Å². The molecule has 0 radical (unpaired) electrons. The Balaban J connectivity index is 3.74. The molecular weight excluding hydrogens is 128 g/mol. The van der Waals surface area contributed by atoms with Crippen LogP contribution in [0.25, 0.3) is 0 Å². The highest BCUT2D eigenvalue weighted by Crippen LogP contribution is 2.00. The van der Waals surface area contributed by atoms with Crippen LogP contribution in [0.4, 0.5) is 0 Å². The Bertz CT molecular complexity index is 157. The van der Waals surface area contributed by atoms with Crippen LogP contribution in [0.2, 0.25) is 0 Å². The van der Waals surface area contributed by atoms with E-state index in [9.17, 15) is 4.79 Å². The van der Waals surface area contributed by atoms with Crippen molar-refractivity contribution in [1.29, 1.82) is 0 Å². The molecule has 56 valence electrons. The smallest absolute Gasteiger partial charge is 0.333 e. The van der Waals surface area contributed by atoms with Crippen molar-refractivity contribution in [2.75, 3.05) is 7.11 Å². The molecule has 2 heteroatoms. The predicted octanol–water partition coefficient (Wildman–Crippen LogP) is 1.68. The van der Waals surface area contributed by atoms with Gasteiger partial charge in [0, 0.05) is 5.57 Å². The molecule has 0 amide bonds. The topological polar surface area (TPSA) is 26.3 Å². The molecule has 0 aromatic carbocycles. The normalized spacial score (nSPS) is 9.80. The third-order valence-corrected chi connectivity index (χ3v) is 1.07. The minimum atomic E-state index is -0.335. The molecule has 0 unspecified atom stereocenters. The predicted molar refractivity (Wildman–Crippen MR) is 40.6 cm³/mol. The summed E-state index contributed by atoms with van der Waals surface area (Å²) in [5.74, 6) is -0.335. The van der Waals surface area contributed by atoms with Gasteiger partial charge in [-0.2, -0.15) is 0 Å². The number of methoxy groups -OCH3 is 1. The third kappa shape index (κ3) is 3.07. The first-order chi connectivity index (χ1) is 4.72. The molecule has 0 aromatic heterocycles. The summed E-state index contributed by atoms with van der Waals surface area (Å²) in [5.41, 5.74) is 0.487. The molecule has 0 saturated carbocycles. The Morgan fingerprint density at radius 3 is 2.70 bits per heavy atom. The van der Waals surface area contributed by atoms with E-state index in [0.29, 0.717) is 12.0 Å². The summed E-state index contributed by atoms with van der Waals surface area (Å²) in [6.45, 7) is 5.43. The molecule has 0 fully saturated rings. The molecule has 0 N–H and O–H groups in total. The lowest BCUT2D eigenvalue weighted by Crippen LogP contribution is -2.02. The van der Waals surface area contributed by atoms with Gasteiger partial charge in [-0.3, -0.25) is 0 Å². The van der Waals surface area contributed by atoms with Crippen molar-refractivity contribution in [3.63, 3.8) is 0 Å². The molecule has 0 rings (SSSR count). The average molecular weight is 140 g/mol. The Hall–Kier alpha value is -1.05. The highest BCUT2D eigenvalue weighted by Gasteiger charge is 2.02. The second-order valence-electron chi connectivity index (χ2n) is 1.87. The van der Waals surface area contributed by atoms with Gasteiger partial charge in [-0.15, -0.1) is 0 Å². The van der Waals surface area contributed by atoms with E-state index in [-0.39, 0.29) is 5.97 Å². The molecule has 0 aromatic rings. The molecule has 0 aliphatic carbocycles. The zero-order valence-electron chi connectivity index (χ0n) is 6.39. The maximum Gasteiger partial charge on any atom is 0.333 e.